The van der Waals surface area contributed by atoms with E-state index in [1.54, 1.807) is 6.07 Å². The second kappa shape index (κ2) is 5.68. The summed E-state index contributed by atoms with van der Waals surface area (Å²) >= 11 is 0. The molecule has 0 aliphatic carbocycles. The van der Waals surface area contributed by atoms with Crippen molar-refractivity contribution in [2.75, 3.05) is 14.2 Å². The Morgan fingerprint density at radius 2 is 2.00 bits per heavy atom. The molecule has 0 saturated heterocycles. The Hall–Kier alpha value is -1.13. The number of benzene rings is 1. The minimum atomic E-state index is -0.226. The summed E-state index contributed by atoms with van der Waals surface area (Å²) in [6.07, 6.45) is 0.663. The van der Waals surface area contributed by atoms with Gasteiger partial charge in [-0.1, -0.05) is 6.92 Å². The lowest BCUT2D eigenvalue weighted by molar-refractivity contribution is 0.0861. The number of nitrogens with one attached hydrogen (secondary N) is 1. The van der Waals surface area contributed by atoms with Gasteiger partial charge >= 0.3 is 0 Å². The Labute approximate surface area is 89.2 Å². The van der Waals surface area contributed by atoms with E-state index < -0.39 is 0 Å². The van der Waals surface area contributed by atoms with E-state index in [-0.39, 0.29) is 5.82 Å². The number of hydroxylamine groups is 1. The molecule has 0 heterocycles. The van der Waals surface area contributed by atoms with Crippen LogP contribution in [0.3, 0.4) is 0 Å². The lowest BCUT2D eigenvalue weighted by Crippen LogP contribution is -2.12. The first-order valence-corrected chi connectivity index (χ1v) is 4.84. The van der Waals surface area contributed by atoms with Crippen LogP contribution in [-0.2, 0) is 17.8 Å². The second-order valence-electron chi connectivity index (χ2n) is 3.13. The van der Waals surface area contributed by atoms with Crippen molar-refractivity contribution < 1.29 is 14.0 Å². The van der Waals surface area contributed by atoms with Gasteiger partial charge in [0, 0.05) is 18.2 Å². The van der Waals surface area contributed by atoms with Gasteiger partial charge in [0.1, 0.15) is 11.6 Å². The summed E-state index contributed by atoms with van der Waals surface area (Å²) in [6, 6.07) is 3.20. The number of hydrogen-bond acceptors (Lipinski definition) is 3. The Bertz CT molecular complexity index is 329. The molecule has 0 spiro atoms. The fraction of sp³-hybridized carbons (Fsp3) is 0.455. The molecule has 0 unspecified atom stereocenters. The van der Waals surface area contributed by atoms with Gasteiger partial charge in [0.15, 0.2) is 0 Å². The highest BCUT2D eigenvalue weighted by atomic mass is 19.1. The third-order valence-electron chi connectivity index (χ3n) is 2.24. The van der Waals surface area contributed by atoms with Crippen LogP contribution in [0.25, 0.3) is 0 Å². The summed E-state index contributed by atoms with van der Waals surface area (Å²) in [4.78, 5) is 4.75. The molecule has 0 atom stereocenters. The molecule has 3 nitrogen and oxygen atoms in total. The van der Waals surface area contributed by atoms with E-state index in [0.717, 1.165) is 5.56 Å². The van der Waals surface area contributed by atoms with Crippen LogP contribution in [0.1, 0.15) is 18.1 Å². The Kier molecular flexibility index (Phi) is 4.52. The minimum Gasteiger partial charge on any atom is -0.496 e. The molecule has 0 fully saturated rings. The molecule has 1 rings (SSSR count). The third-order valence-corrected chi connectivity index (χ3v) is 2.24. The van der Waals surface area contributed by atoms with Gasteiger partial charge in [0.25, 0.3) is 0 Å². The lowest BCUT2D eigenvalue weighted by atomic mass is 10.1. The highest BCUT2D eigenvalue weighted by molar-refractivity contribution is 5.38. The van der Waals surface area contributed by atoms with Crippen LogP contribution < -0.4 is 10.2 Å². The molecule has 84 valence electrons. The molecule has 1 N–H and O–H groups in total. The van der Waals surface area contributed by atoms with E-state index in [9.17, 15) is 4.39 Å². The van der Waals surface area contributed by atoms with Crippen molar-refractivity contribution >= 4 is 0 Å². The topological polar surface area (TPSA) is 30.5 Å². The molecule has 4 heteroatoms. The second-order valence-corrected chi connectivity index (χ2v) is 3.13. The molecular weight excluding hydrogens is 197 g/mol. The van der Waals surface area contributed by atoms with E-state index in [4.69, 9.17) is 9.57 Å². The highest BCUT2D eigenvalue weighted by Crippen LogP contribution is 2.23. The maximum absolute atomic E-state index is 13.4. The fourth-order valence-electron chi connectivity index (χ4n) is 1.40. The van der Waals surface area contributed by atoms with E-state index in [1.165, 1.54) is 20.3 Å². The van der Waals surface area contributed by atoms with Gasteiger partial charge in [-0.05, 0) is 18.1 Å². The van der Waals surface area contributed by atoms with Gasteiger partial charge in [-0.2, -0.15) is 5.48 Å². The predicted molar refractivity (Wildman–Crippen MR) is 56.2 cm³/mol. The molecule has 1 aromatic carbocycles. The summed E-state index contributed by atoms with van der Waals surface area (Å²) in [5.74, 6) is 0.310. The van der Waals surface area contributed by atoms with Crippen LogP contribution in [0.4, 0.5) is 4.39 Å². The Morgan fingerprint density at radius 1 is 1.27 bits per heavy atom. The predicted octanol–water partition coefficient (Wildman–Crippen LogP) is 2.05. The highest BCUT2D eigenvalue weighted by Gasteiger charge is 2.08. The van der Waals surface area contributed by atoms with Crippen molar-refractivity contribution in [1.82, 2.24) is 5.48 Å². The normalized spacial score (nSPS) is 10.4. The van der Waals surface area contributed by atoms with Gasteiger partial charge in [-0.15, -0.1) is 0 Å². The molecule has 15 heavy (non-hydrogen) atoms. The first-order chi connectivity index (χ1) is 7.22. The van der Waals surface area contributed by atoms with Gasteiger partial charge in [-0.25, -0.2) is 4.39 Å². The number of ether oxygens (including phenoxy) is 1. The van der Waals surface area contributed by atoms with Gasteiger partial charge in [-0.3, -0.25) is 0 Å². The van der Waals surface area contributed by atoms with Crippen LogP contribution in [0, 0.1) is 5.82 Å². The van der Waals surface area contributed by atoms with Gasteiger partial charge < -0.3 is 9.57 Å². The molecule has 0 aliphatic heterocycles. The average molecular weight is 213 g/mol. The van der Waals surface area contributed by atoms with Crippen molar-refractivity contribution in [1.29, 1.82) is 0 Å². The van der Waals surface area contributed by atoms with E-state index in [2.05, 4.69) is 5.48 Å². The van der Waals surface area contributed by atoms with Gasteiger partial charge in [0.05, 0.1) is 14.2 Å². The summed E-state index contributed by atoms with van der Waals surface area (Å²) in [5, 5.41) is 0. The SMILES string of the molecule is CCc1cc(CNOC)c(OC)cc1F. The smallest absolute Gasteiger partial charge is 0.130 e. The summed E-state index contributed by atoms with van der Waals surface area (Å²) < 4.78 is 18.5. The zero-order valence-electron chi connectivity index (χ0n) is 9.26. The summed E-state index contributed by atoms with van der Waals surface area (Å²) in [6.45, 7) is 2.41. The molecule has 0 saturated carbocycles. The van der Waals surface area contributed by atoms with Crippen molar-refractivity contribution in [3.05, 3.63) is 29.1 Å². The summed E-state index contributed by atoms with van der Waals surface area (Å²) in [7, 11) is 3.06. The van der Waals surface area contributed by atoms with Crippen LogP contribution in [0.2, 0.25) is 0 Å². The number of halogens is 1. The molecular formula is C11H16FNO2. The van der Waals surface area contributed by atoms with E-state index >= 15 is 0 Å². The quantitative estimate of drug-likeness (QED) is 0.759. The van der Waals surface area contributed by atoms with Crippen molar-refractivity contribution in [3.63, 3.8) is 0 Å². The molecule has 0 aliphatic rings. The first kappa shape index (κ1) is 11.9. The van der Waals surface area contributed by atoms with Crippen LogP contribution in [0.15, 0.2) is 12.1 Å². The first-order valence-electron chi connectivity index (χ1n) is 4.84. The Balaban J connectivity index is 2.99. The number of hydrogen-bond donors (Lipinski definition) is 1. The van der Waals surface area contributed by atoms with Crippen molar-refractivity contribution in [2.24, 2.45) is 0 Å². The zero-order valence-corrected chi connectivity index (χ0v) is 9.26. The minimum absolute atomic E-state index is 0.226. The Morgan fingerprint density at radius 3 is 2.53 bits per heavy atom. The van der Waals surface area contributed by atoms with Crippen molar-refractivity contribution in [3.8, 4) is 5.75 Å². The molecule has 0 radical (unpaired) electrons. The monoisotopic (exact) mass is 213 g/mol. The third kappa shape index (κ3) is 2.91. The summed E-state index contributed by atoms with van der Waals surface area (Å²) in [5.41, 5.74) is 4.28. The largest absolute Gasteiger partial charge is 0.496 e. The maximum atomic E-state index is 13.4. The molecule has 0 aromatic heterocycles. The number of methoxy groups -OCH3 is 1. The van der Waals surface area contributed by atoms with E-state index in [1.807, 2.05) is 6.92 Å². The molecule has 0 bridgehead atoms. The standard InChI is InChI=1S/C11H16FNO2/c1-4-8-5-9(7-13-15-3)11(14-2)6-10(8)12/h5-6,13H,4,7H2,1-3H3. The average Bonchev–Trinajstić information content (AvgIpc) is 2.26. The van der Waals surface area contributed by atoms with Crippen LogP contribution in [-0.4, -0.2) is 14.2 Å². The van der Waals surface area contributed by atoms with E-state index in [0.29, 0.717) is 24.3 Å². The fourth-order valence-corrected chi connectivity index (χ4v) is 1.40. The zero-order chi connectivity index (χ0) is 11.3. The molecule has 1 aromatic rings. The van der Waals surface area contributed by atoms with Crippen molar-refractivity contribution in [2.45, 2.75) is 19.9 Å². The van der Waals surface area contributed by atoms with Crippen LogP contribution >= 0.6 is 0 Å². The van der Waals surface area contributed by atoms with Crippen LogP contribution in [0.5, 0.6) is 5.75 Å². The molecule has 0 amide bonds. The lowest BCUT2D eigenvalue weighted by Gasteiger charge is -2.11. The number of aryl methyl sites for hydroxylation is 1. The maximum Gasteiger partial charge on any atom is 0.130 e. The number of rotatable bonds is 5. The van der Waals surface area contributed by atoms with Gasteiger partial charge in [0.2, 0.25) is 0 Å².